The molecule has 3 aromatic rings. The van der Waals surface area contributed by atoms with Gasteiger partial charge >= 0.3 is 0 Å². The number of anilines is 1. The quantitative estimate of drug-likeness (QED) is 0.369. The summed E-state index contributed by atoms with van der Waals surface area (Å²) in [6, 6.07) is 12.8. The number of ketones is 1. The van der Waals surface area contributed by atoms with E-state index in [-0.39, 0.29) is 5.41 Å². The molecule has 4 rings (SSSR count). The van der Waals surface area contributed by atoms with Gasteiger partial charge in [-0.2, -0.15) is 10.4 Å². The van der Waals surface area contributed by atoms with Gasteiger partial charge in [0.1, 0.15) is 17.6 Å². The van der Waals surface area contributed by atoms with Crippen LogP contribution in [0.4, 0.5) is 5.69 Å². The largest absolute Gasteiger partial charge is 0.492 e. The molecule has 0 bridgehead atoms. The first-order valence-electron chi connectivity index (χ1n) is 13.3. The lowest BCUT2D eigenvalue weighted by atomic mass is 9.73. The zero-order valence-corrected chi connectivity index (χ0v) is 22.8. The van der Waals surface area contributed by atoms with E-state index in [1.807, 2.05) is 19.2 Å². The zero-order chi connectivity index (χ0) is 26.6. The Labute approximate surface area is 220 Å². The van der Waals surface area contributed by atoms with Crippen molar-refractivity contribution in [3.63, 3.8) is 0 Å². The van der Waals surface area contributed by atoms with Crippen molar-refractivity contribution in [3.8, 4) is 22.9 Å². The second kappa shape index (κ2) is 11.4. The zero-order valence-electron chi connectivity index (χ0n) is 22.8. The van der Waals surface area contributed by atoms with Crippen LogP contribution in [-0.4, -0.2) is 60.6 Å². The predicted molar refractivity (Wildman–Crippen MR) is 148 cm³/mol. The molecule has 7 nitrogen and oxygen atoms in total. The van der Waals surface area contributed by atoms with Crippen molar-refractivity contribution >= 4 is 17.0 Å². The molecular formula is C30H39N5O2. The molecule has 1 fully saturated rings. The Balaban J connectivity index is 1.54. The number of ether oxygens (including phenoxy) is 1. The molecular weight excluding hydrogens is 462 g/mol. The van der Waals surface area contributed by atoms with Gasteiger partial charge in [0.25, 0.3) is 0 Å². The second-order valence-corrected chi connectivity index (χ2v) is 11.1. The molecule has 0 unspecified atom stereocenters. The van der Waals surface area contributed by atoms with Crippen LogP contribution in [0.1, 0.15) is 52.0 Å². The SMILES string of the molecule is CCOc1cc(-c2ccc(N3CCC(CC(=O)CC(C)C)(CN(C)C)CC3)cc2)c2c(C#N)cnn2c1. The first-order chi connectivity index (χ1) is 17.7. The van der Waals surface area contributed by atoms with Crippen molar-refractivity contribution in [2.75, 3.05) is 45.2 Å². The first kappa shape index (κ1) is 26.7. The Kier molecular flexibility index (Phi) is 8.19. The van der Waals surface area contributed by atoms with Crippen molar-refractivity contribution in [1.82, 2.24) is 14.5 Å². The van der Waals surface area contributed by atoms with Crippen molar-refractivity contribution in [1.29, 1.82) is 5.26 Å². The maximum absolute atomic E-state index is 12.7. The molecule has 37 heavy (non-hydrogen) atoms. The van der Waals surface area contributed by atoms with Gasteiger partial charge < -0.3 is 14.5 Å². The average Bonchev–Trinajstić information content (AvgIpc) is 3.26. The Bertz CT molecular complexity index is 1260. The van der Waals surface area contributed by atoms with Gasteiger partial charge in [0.05, 0.1) is 30.1 Å². The molecule has 3 heterocycles. The van der Waals surface area contributed by atoms with E-state index in [0.717, 1.165) is 54.9 Å². The van der Waals surface area contributed by atoms with Crippen molar-refractivity contribution < 1.29 is 9.53 Å². The normalized spacial score (nSPS) is 15.4. The number of aromatic nitrogens is 2. The lowest BCUT2D eigenvalue weighted by Crippen LogP contribution is -2.46. The number of fused-ring (bicyclic) bond motifs is 1. The summed E-state index contributed by atoms with van der Waals surface area (Å²) < 4.78 is 7.48. The summed E-state index contributed by atoms with van der Waals surface area (Å²) >= 11 is 0. The Morgan fingerprint density at radius 2 is 1.92 bits per heavy atom. The minimum Gasteiger partial charge on any atom is -0.492 e. The van der Waals surface area contributed by atoms with E-state index in [0.29, 0.717) is 36.7 Å². The highest BCUT2D eigenvalue weighted by Crippen LogP contribution is 2.39. The maximum Gasteiger partial charge on any atom is 0.138 e. The van der Waals surface area contributed by atoms with E-state index in [2.05, 4.69) is 73.2 Å². The van der Waals surface area contributed by atoms with E-state index >= 15 is 0 Å². The molecule has 2 aromatic heterocycles. The number of benzene rings is 1. The van der Waals surface area contributed by atoms with Gasteiger partial charge in [0.15, 0.2) is 0 Å². The van der Waals surface area contributed by atoms with E-state index in [9.17, 15) is 10.1 Å². The summed E-state index contributed by atoms with van der Waals surface area (Å²) in [6.45, 7) is 9.57. The summed E-state index contributed by atoms with van der Waals surface area (Å²) in [7, 11) is 4.21. The van der Waals surface area contributed by atoms with Crippen LogP contribution in [0.3, 0.4) is 0 Å². The van der Waals surface area contributed by atoms with E-state index in [1.165, 1.54) is 5.69 Å². The fraction of sp³-hybridized carbons (Fsp3) is 0.500. The third-order valence-corrected chi connectivity index (χ3v) is 7.25. The number of nitrogens with zero attached hydrogens (tertiary/aromatic N) is 5. The maximum atomic E-state index is 12.7. The van der Waals surface area contributed by atoms with Crippen LogP contribution in [0, 0.1) is 22.7 Å². The number of pyridine rings is 1. The van der Waals surface area contributed by atoms with Gasteiger partial charge in [-0.25, -0.2) is 4.52 Å². The highest BCUT2D eigenvalue weighted by atomic mass is 16.5. The fourth-order valence-corrected chi connectivity index (χ4v) is 5.74. The van der Waals surface area contributed by atoms with Crippen molar-refractivity contribution in [2.45, 2.75) is 46.5 Å². The molecule has 196 valence electrons. The van der Waals surface area contributed by atoms with Gasteiger partial charge in [0, 0.05) is 43.7 Å². The van der Waals surface area contributed by atoms with E-state index < -0.39 is 0 Å². The van der Waals surface area contributed by atoms with Crippen LogP contribution in [0.15, 0.2) is 42.7 Å². The number of carbonyl (C=O) groups excluding carboxylic acids is 1. The lowest BCUT2D eigenvalue weighted by molar-refractivity contribution is -0.122. The predicted octanol–water partition coefficient (Wildman–Crippen LogP) is 5.43. The molecule has 1 saturated heterocycles. The Hall–Kier alpha value is -3.37. The van der Waals surface area contributed by atoms with Crippen LogP contribution in [0.25, 0.3) is 16.6 Å². The van der Waals surface area contributed by atoms with Gasteiger partial charge in [-0.05, 0) is 69.0 Å². The van der Waals surface area contributed by atoms with E-state index in [1.54, 1.807) is 10.7 Å². The molecule has 0 radical (unpaired) electrons. The summed E-state index contributed by atoms with van der Waals surface area (Å²) in [5.41, 5.74) is 4.51. The molecule has 1 aliphatic rings. The number of piperidine rings is 1. The molecule has 0 aliphatic carbocycles. The van der Waals surface area contributed by atoms with Crippen molar-refractivity contribution in [3.05, 3.63) is 48.3 Å². The second-order valence-electron chi connectivity index (χ2n) is 11.1. The standard InChI is InChI=1S/C30H39N5O2/c1-6-37-27-16-28(29-24(18-31)19-32-35(29)20-27)23-7-9-25(10-8-23)34-13-11-30(12-14-34,21-33(4)5)17-26(36)15-22(2)3/h7-10,16,19-20,22H,6,11-15,17,21H2,1-5H3. The number of hydrogen-bond donors (Lipinski definition) is 0. The molecule has 0 amide bonds. The highest BCUT2D eigenvalue weighted by molar-refractivity contribution is 5.85. The molecule has 1 aromatic carbocycles. The number of rotatable bonds is 10. The molecule has 0 N–H and O–H groups in total. The Morgan fingerprint density at radius 1 is 1.22 bits per heavy atom. The van der Waals surface area contributed by atoms with Crippen LogP contribution in [0.2, 0.25) is 0 Å². The number of Topliss-reactive ketones (excluding diaryl/α,β-unsaturated/α-hetero) is 1. The smallest absolute Gasteiger partial charge is 0.138 e. The third-order valence-electron chi connectivity index (χ3n) is 7.25. The summed E-state index contributed by atoms with van der Waals surface area (Å²) in [5.74, 6) is 1.53. The average molecular weight is 502 g/mol. The lowest BCUT2D eigenvalue weighted by Gasteiger charge is -2.44. The van der Waals surface area contributed by atoms with Crippen LogP contribution >= 0.6 is 0 Å². The summed E-state index contributed by atoms with van der Waals surface area (Å²) in [5, 5.41) is 14.0. The first-order valence-corrected chi connectivity index (χ1v) is 13.3. The molecule has 7 heteroatoms. The molecule has 0 saturated carbocycles. The van der Waals surface area contributed by atoms with Gasteiger partial charge in [0.2, 0.25) is 0 Å². The van der Waals surface area contributed by atoms with Gasteiger partial charge in [-0.3, -0.25) is 4.79 Å². The molecule has 0 atom stereocenters. The van der Waals surface area contributed by atoms with Crippen molar-refractivity contribution in [2.24, 2.45) is 11.3 Å². The minimum atomic E-state index is 0.0486. The number of carbonyl (C=O) groups is 1. The fourth-order valence-electron chi connectivity index (χ4n) is 5.74. The minimum absolute atomic E-state index is 0.0486. The summed E-state index contributed by atoms with van der Waals surface area (Å²) in [4.78, 5) is 17.4. The van der Waals surface area contributed by atoms with Crippen LogP contribution in [0.5, 0.6) is 5.75 Å². The number of hydrogen-bond acceptors (Lipinski definition) is 6. The van der Waals surface area contributed by atoms with Gasteiger partial charge in [-0.15, -0.1) is 0 Å². The molecule has 0 spiro atoms. The van der Waals surface area contributed by atoms with Crippen LogP contribution in [-0.2, 0) is 4.79 Å². The molecule has 1 aliphatic heterocycles. The highest BCUT2D eigenvalue weighted by Gasteiger charge is 2.37. The van der Waals surface area contributed by atoms with Crippen LogP contribution < -0.4 is 9.64 Å². The third kappa shape index (κ3) is 6.14. The topological polar surface area (TPSA) is 73.9 Å². The van der Waals surface area contributed by atoms with E-state index in [4.69, 9.17) is 4.74 Å². The Morgan fingerprint density at radius 3 is 2.51 bits per heavy atom. The monoisotopic (exact) mass is 501 g/mol. The number of nitriles is 1. The van der Waals surface area contributed by atoms with Gasteiger partial charge in [-0.1, -0.05) is 26.0 Å². The summed E-state index contributed by atoms with van der Waals surface area (Å²) in [6.07, 6.45) is 6.78.